The summed E-state index contributed by atoms with van der Waals surface area (Å²) >= 11 is 0. The molecule has 2 heterocycles. The first-order valence-corrected chi connectivity index (χ1v) is 8.66. The largest absolute Gasteiger partial charge is 0.353 e. The molecule has 1 aliphatic heterocycles. The van der Waals surface area contributed by atoms with Gasteiger partial charge in [-0.05, 0) is 19.8 Å². The molecule has 7 nitrogen and oxygen atoms in total. The molecule has 2 rings (SSSR count). The van der Waals surface area contributed by atoms with E-state index in [9.17, 15) is 4.79 Å². The third-order valence-electron chi connectivity index (χ3n) is 4.19. The van der Waals surface area contributed by atoms with E-state index in [2.05, 4.69) is 39.1 Å². The Morgan fingerprint density at radius 2 is 1.96 bits per heavy atom. The monoisotopic (exact) mass is 323 g/mol. The van der Waals surface area contributed by atoms with Crippen molar-refractivity contribution in [3.8, 4) is 0 Å². The zero-order valence-corrected chi connectivity index (χ0v) is 14.5. The van der Waals surface area contributed by atoms with Gasteiger partial charge in [0.05, 0.1) is 13.1 Å². The minimum atomic E-state index is 0.119. The molecule has 1 atom stereocenters. The van der Waals surface area contributed by atoms with Gasteiger partial charge in [0.25, 0.3) is 0 Å². The van der Waals surface area contributed by atoms with Crippen LogP contribution >= 0.6 is 0 Å². The van der Waals surface area contributed by atoms with Crippen molar-refractivity contribution in [1.29, 1.82) is 0 Å². The number of carbonyl (C=O) groups excluding carboxylic acids is 1. The van der Waals surface area contributed by atoms with E-state index in [1.807, 2.05) is 6.92 Å². The Hall–Kier alpha value is -1.47. The van der Waals surface area contributed by atoms with Gasteiger partial charge in [0.1, 0.15) is 0 Å². The van der Waals surface area contributed by atoms with Gasteiger partial charge >= 0.3 is 0 Å². The summed E-state index contributed by atoms with van der Waals surface area (Å²) in [5.74, 6) is 1.60. The summed E-state index contributed by atoms with van der Waals surface area (Å²) in [6.45, 7) is 11.0. The number of aryl methyl sites for hydroxylation is 1. The average Bonchev–Trinajstić information content (AvgIpc) is 2.96. The maximum atomic E-state index is 11.9. The summed E-state index contributed by atoms with van der Waals surface area (Å²) in [6.07, 6.45) is 2.85. The van der Waals surface area contributed by atoms with Crippen molar-refractivity contribution in [3.05, 3.63) is 11.7 Å². The lowest BCUT2D eigenvalue weighted by atomic mass is 10.2. The first-order chi connectivity index (χ1) is 11.1. The van der Waals surface area contributed by atoms with E-state index in [1.54, 1.807) is 0 Å². The number of hydrogen-bond acceptors (Lipinski definition) is 6. The Morgan fingerprint density at radius 1 is 1.26 bits per heavy atom. The van der Waals surface area contributed by atoms with Crippen LogP contribution in [0.15, 0.2) is 4.52 Å². The normalized spacial score (nSPS) is 18.0. The molecule has 130 valence electrons. The summed E-state index contributed by atoms with van der Waals surface area (Å²) < 4.78 is 5.29. The minimum Gasteiger partial charge on any atom is -0.353 e. The Labute approximate surface area is 138 Å². The standard InChI is InChI=1S/C16H29N5O2/c1-4-6-14-18-16(23-19-14)12-21-9-7-20(8-10-21)11-15(22)17-13(3)5-2/h13H,4-12H2,1-3H3,(H,17,22)/t13-/m1/s1. The summed E-state index contributed by atoms with van der Waals surface area (Å²) in [4.78, 5) is 20.8. The molecule has 0 bridgehead atoms. The molecule has 1 fully saturated rings. The molecule has 0 saturated carbocycles. The molecule has 7 heteroatoms. The summed E-state index contributed by atoms with van der Waals surface area (Å²) in [7, 11) is 0. The summed E-state index contributed by atoms with van der Waals surface area (Å²) in [5.41, 5.74) is 0. The average molecular weight is 323 g/mol. The predicted octanol–water partition coefficient (Wildman–Crippen LogP) is 1.05. The highest BCUT2D eigenvalue weighted by Gasteiger charge is 2.21. The van der Waals surface area contributed by atoms with Crippen molar-refractivity contribution >= 4 is 5.91 Å². The number of rotatable bonds is 8. The zero-order valence-electron chi connectivity index (χ0n) is 14.5. The molecular weight excluding hydrogens is 294 g/mol. The molecule has 1 aliphatic rings. The van der Waals surface area contributed by atoms with Crippen molar-refractivity contribution in [3.63, 3.8) is 0 Å². The van der Waals surface area contributed by atoms with Crippen LogP contribution in [-0.2, 0) is 17.8 Å². The Morgan fingerprint density at radius 3 is 2.61 bits per heavy atom. The van der Waals surface area contributed by atoms with Gasteiger partial charge in [0.15, 0.2) is 5.82 Å². The molecule has 1 aromatic heterocycles. The molecule has 23 heavy (non-hydrogen) atoms. The molecule has 1 saturated heterocycles. The molecule has 0 aliphatic carbocycles. The summed E-state index contributed by atoms with van der Waals surface area (Å²) in [5, 5.41) is 7.00. The molecule has 0 unspecified atom stereocenters. The summed E-state index contributed by atoms with van der Waals surface area (Å²) in [6, 6.07) is 0.249. The van der Waals surface area contributed by atoms with E-state index in [1.165, 1.54) is 0 Å². The van der Waals surface area contributed by atoms with Crippen LogP contribution in [0.1, 0.15) is 45.3 Å². The van der Waals surface area contributed by atoms with Crippen LogP contribution in [0.4, 0.5) is 0 Å². The second-order valence-electron chi connectivity index (χ2n) is 6.28. The van der Waals surface area contributed by atoms with Crippen LogP contribution in [0.3, 0.4) is 0 Å². The van der Waals surface area contributed by atoms with Crippen LogP contribution in [0.5, 0.6) is 0 Å². The fourth-order valence-corrected chi connectivity index (χ4v) is 2.60. The van der Waals surface area contributed by atoms with Crippen LogP contribution in [-0.4, -0.2) is 64.6 Å². The first kappa shape index (κ1) is 17.9. The molecule has 1 aromatic rings. The van der Waals surface area contributed by atoms with Crippen molar-refractivity contribution in [1.82, 2.24) is 25.3 Å². The van der Waals surface area contributed by atoms with Crippen LogP contribution in [0, 0.1) is 0 Å². The first-order valence-electron chi connectivity index (χ1n) is 8.66. The Bertz CT molecular complexity index is 483. The number of piperazine rings is 1. The van der Waals surface area contributed by atoms with Gasteiger partial charge in [0, 0.05) is 38.6 Å². The highest BCUT2D eigenvalue weighted by atomic mass is 16.5. The Kier molecular flexibility index (Phi) is 6.98. The highest BCUT2D eigenvalue weighted by molar-refractivity contribution is 5.78. The van der Waals surface area contributed by atoms with E-state index in [-0.39, 0.29) is 11.9 Å². The molecule has 0 aromatic carbocycles. The van der Waals surface area contributed by atoms with Gasteiger partial charge in [-0.25, -0.2) is 0 Å². The lowest BCUT2D eigenvalue weighted by Gasteiger charge is -2.33. The number of aromatic nitrogens is 2. The Balaban J connectivity index is 1.70. The quantitative estimate of drug-likeness (QED) is 0.771. The maximum absolute atomic E-state index is 11.9. The third-order valence-corrected chi connectivity index (χ3v) is 4.19. The highest BCUT2D eigenvalue weighted by Crippen LogP contribution is 2.08. The minimum absolute atomic E-state index is 0.119. The number of nitrogens with zero attached hydrogens (tertiary/aromatic N) is 4. The van der Waals surface area contributed by atoms with Crippen LogP contribution in [0.2, 0.25) is 0 Å². The van der Waals surface area contributed by atoms with Crippen LogP contribution in [0.25, 0.3) is 0 Å². The van der Waals surface area contributed by atoms with Gasteiger partial charge in [-0.1, -0.05) is 19.0 Å². The second-order valence-corrected chi connectivity index (χ2v) is 6.28. The number of carbonyl (C=O) groups is 1. The maximum Gasteiger partial charge on any atom is 0.240 e. The van der Waals surface area contributed by atoms with E-state index in [0.29, 0.717) is 19.0 Å². The third kappa shape index (κ3) is 5.91. The van der Waals surface area contributed by atoms with Crippen molar-refractivity contribution in [2.45, 2.75) is 52.6 Å². The smallest absolute Gasteiger partial charge is 0.240 e. The SMILES string of the molecule is CCCc1noc(CN2CCN(CC(=O)N[C@H](C)CC)CC2)n1. The number of amides is 1. The number of hydrogen-bond donors (Lipinski definition) is 1. The molecule has 0 radical (unpaired) electrons. The van der Waals surface area contributed by atoms with Gasteiger partial charge in [-0.2, -0.15) is 4.98 Å². The van der Waals surface area contributed by atoms with Crippen molar-refractivity contribution < 1.29 is 9.32 Å². The second kappa shape index (κ2) is 8.98. The van der Waals surface area contributed by atoms with E-state index in [4.69, 9.17) is 4.52 Å². The predicted molar refractivity (Wildman–Crippen MR) is 87.9 cm³/mol. The van der Waals surface area contributed by atoms with E-state index < -0.39 is 0 Å². The molecule has 0 spiro atoms. The van der Waals surface area contributed by atoms with Gasteiger partial charge in [-0.3, -0.25) is 14.6 Å². The molecule has 1 N–H and O–H groups in total. The fourth-order valence-electron chi connectivity index (χ4n) is 2.60. The molecule has 1 amide bonds. The van der Waals surface area contributed by atoms with Gasteiger partial charge in [-0.15, -0.1) is 0 Å². The van der Waals surface area contributed by atoms with E-state index in [0.717, 1.165) is 51.3 Å². The lowest BCUT2D eigenvalue weighted by molar-refractivity contribution is -0.123. The van der Waals surface area contributed by atoms with Gasteiger partial charge in [0.2, 0.25) is 11.8 Å². The van der Waals surface area contributed by atoms with E-state index >= 15 is 0 Å². The zero-order chi connectivity index (χ0) is 16.7. The van der Waals surface area contributed by atoms with Crippen LogP contribution < -0.4 is 5.32 Å². The van der Waals surface area contributed by atoms with Crippen molar-refractivity contribution in [2.24, 2.45) is 0 Å². The molecular formula is C16H29N5O2. The topological polar surface area (TPSA) is 74.5 Å². The fraction of sp³-hybridized carbons (Fsp3) is 0.812. The number of nitrogens with one attached hydrogen (secondary N) is 1. The van der Waals surface area contributed by atoms with Crippen molar-refractivity contribution in [2.75, 3.05) is 32.7 Å². The van der Waals surface area contributed by atoms with Gasteiger partial charge < -0.3 is 9.84 Å². The lowest BCUT2D eigenvalue weighted by Crippen LogP contribution is -2.49.